The number of thiazole rings is 1. The van der Waals surface area contributed by atoms with Crippen LogP contribution in [0.25, 0.3) is 0 Å². The molecule has 2 heterocycles. The third-order valence-electron chi connectivity index (χ3n) is 2.82. The van der Waals surface area contributed by atoms with Gasteiger partial charge in [-0.25, -0.2) is 4.98 Å². The van der Waals surface area contributed by atoms with Crippen molar-refractivity contribution in [1.29, 1.82) is 0 Å². The lowest BCUT2D eigenvalue weighted by Crippen LogP contribution is -2.35. The highest BCUT2D eigenvalue weighted by Crippen LogP contribution is 2.16. The van der Waals surface area contributed by atoms with Gasteiger partial charge < -0.3 is 10.6 Å². The fourth-order valence-corrected chi connectivity index (χ4v) is 3.39. The second-order valence-electron chi connectivity index (χ2n) is 4.35. The average molecular weight is 436 g/mol. The molecule has 0 aliphatic heterocycles. The molecule has 0 atom stereocenters. The first-order valence-corrected chi connectivity index (χ1v) is 8.28. The van der Waals surface area contributed by atoms with E-state index in [-0.39, 0.29) is 24.0 Å². The van der Waals surface area contributed by atoms with Crippen molar-refractivity contribution in [2.24, 2.45) is 4.99 Å². The highest BCUT2D eigenvalue weighted by Gasteiger charge is 2.03. The molecule has 116 valence electrons. The molecule has 0 amide bonds. The summed E-state index contributed by atoms with van der Waals surface area (Å²) in [5.74, 6) is 0.822. The van der Waals surface area contributed by atoms with Gasteiger partial charge in [-0.1, -0.05) is 6.92 Å². The van der Waals surface area contributed by atoms with E-state index in [0.29, 0.717) is 0 Å². The van der Waals surface area contributed by atoms with Crippen molar-refractivity contribution >= 4 is 52.6 Å². The van der Waals surface area contributed by atoms with E-state index >= 15 is 0 Å². The van der Waals surface area contributed by atoms with Crippen LogP contribution in [0.4, 0.5) is 0 Å². The molecule has 0 saturated heterocycles. The van der Waals surface area contributed by atoms with E-state index in [0.717, 1.165) is 30.5 Å². The summed E-state index contributed by atoms with van der Waals surface area (Å²) in [5, 5.41) is 7.73. The fourth-order valence-electron chi connectivity index (χ4n) is 1.76. The van der Waals surface area contributed by atoms with Crippen molar-refractivity contribution < 1.29 is 0 Å². The molecular formula is C14H21IN4S2. The number of aliphatic imine (C=N–C) groups is 1. The highest BCUT2D eigenvalue weighted by molar-refractivity contribution is 14.0. The zero-order valence-electron chi connectivity index (χ0n) is 12.5. The number of thiophene rings is 1. The normalized spacial score (nSPS) is 11.1. The van der Waals surface area contributed by atoms with Crippen LogP contribution >= 0.6 is 46.7 Å². The predicted octanol–water partition coefficient (Wildman–Crippen LogP) is 3.56. The molecule has 2 rings (SSSR count). The van der Waals surface area contributed by atoms with E-state index < -0.39 is 0 Å². The number of halogens is 1. The molecule has 0 saturated carbocycles. The lowest BCUT2D eigenvalue weighted by Gasteiger charge is -2.10. The summed E-state index contributed by atoms with van der Waals surface area (Å²) >= 11 is 3.56. The van der Waals surface area contributed by atoms with Gasteiger partial charge in [-0.15, -0.1) is 46.7 Å². The molecule has 0 radical (unpaired) electrons. The lowest BCUT2D eigenvalue weighted by atomic mass is 10.4. The Labute approximate surface area is 151 Å². The molecule has 0 fully saturated rings. The number of nitrogens with one attached hydrogen (secondary N) is 2. The summed E-state index contributed by atoms with van der Waals surface area (Å²) in [6.45, 7) is 5.77. The minimum atomic E-state index is 0. The maximum absolute atomic E-state index is 4.25. The van der Waals surface area contributed by atoms with Gasteiger partial charge in [0.15, 0.2) is 5.96 Å². The van der Waals surface area contributed by atoms with Crippen molar-refractivity contribution in [3.05, 3.63) is 38.0 Å². The number of guanidine groups is 1. The summed E-state index contributed by atoms with van der Waals surface area (Å²) in [5.41, 5.74) is 0. The molecule has 2 N–H and O–H groups in total. The molecule has 0 unspecified atom stereocenters. The van der Waals surface area contributed by atoms with Gasteiger partial charge in [-0.05, 0) is 25.5 Å². The fraction of sp³-hybridized carbons (Fsp3) is 0.429. The van der Waals surface area contributed by atoms with Crippen LogP contribution < -0.4 is 10.6 Å². The van der Waals surface area contributed by atoms with E-state index in [4.69, 9.17) is 0 Å². The van der Waals surface area contributed by atoms with E-state index in [1.54, 1.807) is 18.4 Å². The van der Waals surface area contributed by atoms with Crippen LogP contribution in [0, 0.1) is 6.92 Å². The molecule has 0 bridgehead atoms. The van der Waals surface area contributed by atoms with Crippen molar-refractivity contribution in [3.8, 4) is 0 Å². The monoisotopic (exact) mass is 436 g/mol. The number of aryl methyl sites for hydroxylation is 2. The molecule has 0 aliphatic rings. The van der Waals surface area contributed by atoms with Gasteiger partial charge in [0.05, 0.1) is 18.1 Å². The standard InChI is InChI=1S/C14H20N4S2.HI/c1-4-11-5-6-12(20-11)7-17-14(15-3)18-9-13-8-16-10(2)19-13;/h5-6,8H,4,7,9H2,1-3H3,(H2,15,17,18);1H. The molecular weight excluding hydrogens is 415 g/mol. The van der Waals surface area contributed by atoms with Gasteiger partial charge in [0, 0.05) is 27.9 Å². The largest absolute Gasteiger partial charge is 0.352 e. The third kappa shape index (κ3) is 5.91. The zero-order chi connectivity index (χ0) is 14.4. The zero-order valence-corrected chi connectivity index (χ0v) is 16.4. The summed E-state index contributed by atoms with van der Waals surface area (Å²) in [6.07, 6.45) is 3.01. The van der Waals surface area contributed by atoms with Crippen LogP contribution in [0.1, 0.15) is 26.6 Å². The molecule has 2 aromatic rings. The first kappa shape index (κ1) is 18.4. The summed E-state index contributed by atoms with van der Waals surface area (Å²) in [4.78, 5) is 12.5. The quantitative estimate of drug-likeness (QED) is 0.428. The number of rotatable bonds is 5. The Morgan fingerprint density at radius 1 is 1.14 bits per heavy atom. The molecule has 0 aliphatic carbocycles. The van der Waals surface area contributed by atoms with E-state index in [1.807, 2.05) is 24.5 Å². The van der Waals surface area contributed by atoms with Gasteiger partial charge in [0.2, 0.25) is 0 Å². The average Bonchev–Trinajstić information content (AvgIpc) is 3.08. The Kier molecular flexibility index (Phi) is 8.20. The van der Waals surface area contributed by atoms with Crippen molar-refractivity contribution in [3.63, 3.8) is 0 Å². The minimum Gasteiger partial charge on any atom is -0.352 e. The number of aromatic nitrogens is 1. The van der Waals surface area contributed by atoms with Crippen LogP contribution in [-0.2, 0) is 19.5 Å². The number of hydrogen-bond donors (Lipinski definition) is 2. The highest BCUT2D eigenvalue weighted by atomic mass is 127. The smallest absolute Gasteiger partial charge is 0.191 e. The topological polar surface area (TPSA) is 49.3 Å². The van der Waals surface area contributed by atoms with Crippen molar-refractivity contribution in [2.45, 2.75) is 33.4 Å². The molecule has 0 aromatic carbocycles. The SMILES string of the molecule is CCc1ccc(CNC(=NC)NCc2cnc(C)s2)s1.I. The van der Waals surface area contributed by atoms with Crippen LogP contribution in [0.3, 0.4) is 0 Å². The Morgan fingerprint density at radius 3 is 2.33 bits per heavy atom. The van der Waals surface area contributed by atoms with Gasteiger partial charge in [-0.2, -0.15) is 0 Å². The third-order valence-corrected chi connectivity index (χ3v) is 4.96. The summed E-state index contributed by atoms with van der Waals surface area (Å²) in [6, 6.07) is 4.37. The number of hydrogen-bond acceptors (Lipinski definition) is 4. The Bertz CT molecular complexity index is 577. The van der Waals surface area contributed by atoms with E-state index in [2.05, 4.69) is 39.7 Å². The van der Waals surface area contributed by atoms with Gasteiger partial charge in [0.25, 0.3) is 0 Å². The van der Waals surface area contributed by atoms with Crippen molar-refractivity contribution in [2.75, 3.05) is 7.05 Å². The van der Waals surface area contributed by atoms with Gasteiger partial charge in [-0.3, -0.25) is 4.99 Å². The van der Waals surface area contributed by atoms with E-state index in [1.165, 1.54) is 14.6 Å². The first-order valence-electron chi connectivity index (χ1n) is 6.64. The second kappa shape index (κ2) is 9.37. The maximum Gasteiger partial charge on any atom is 0.191 e. The van der Waals surface area contributed by atoms with E-state index in [9.17, 15) is 0 Å². The second-order valence-corrected chi connectivity index (χ2v) is 6.92. The molecule has 4 nitrogen and oxygen atoms in total. The predicted molar refractivity (Wildman–Crippen MR) is 103 cm³/mol. The van der Waals surface area contributed by atoms with Gasteiger partial charge >= 0.3 is 0 Å². The van der Waals surface area contributed by atoms with Crippen molar-refractivity contribution in [1.82, 2.24) is 15.6 Å². The summed E-state index contributed by atoms with van der Waals surface area (Å²) in [7, 11) is 1.79. The molecule has 7 heteroatoms. The Hall–Kier alpha value is -0.670. The molecule has 21 heavy (non-hydrogen) atoms. The molecule has 2 aromatic heterocycles. The minimum absolute atomic E-state index is 0. The van der Waals surface area contributed by atoms with Crippen LogP contribution in [-0.4, -0.2) is 18.0 Å². The lowest BCUT2D eigenvalue weighted by molar-refractivity contribution is 0.821. The van der Waals surface area contributed by atoms with Crippen LogP contribution in [0.2, 0.25) is 0 Å². The molecule has 0 spiro atoms. The Balaban J connectivity index is 0.00000220. The van der Waals surface area contributed by atoms with Crippen LogP contribution in [0.15, 0.2) is 23.3 Å². The Morgan fingerprint density at radius 2 is 1.81 bits per heavy atom. The number of nitrogens with zero attached hydrogens (tertiary/aromatic N) is 2. The summed E-state index contributed by atoms with van der Waals surface area (Å²) < 4.78 is 0. The van der Waals surface area contributed by atoms with Gasteiger partial charge in [0.1, 0.15) is 0 Å². The maximum atomic E-state index is 4.25. The first-order chi connectivity index (χ1) is 9.71. The van der Waals surface area contributed by atoms with Crippen LogP contribution in [0.5, 0.6) is 0 Å².